The van der Waals surface area contributed by atoms with E-state index in [1.807, 2.05) is 0 Å². The van der Waals surface area contributed by atoms with Crippen LogP contribution >= 0.6 is 11.8 Å². The number of carbonyl (C=O) groups is 2. The summed E-state index contributed by atoms with van der Waals surface area (Å²) in [5.74, 6) is 0.0530. The lowest BCUT2D eigenvalue weighted by Crippen LogP contribution is -2.41. The number of carbonyl (C=O) groups excluding carboxylic acids is 1. The van der Waals surface area contributed by atoms with Crippen LogP contribution in [0.2, 0.25) is 0 Å². The molecule has 0 fully saturated rings. The summed E-state index contributed by atoms with van der Waals surface area (Å²) >= 11 is 1.36. The summed E-state index contributed by atoms with van der Waals surface area (Å²) in [6.45, 7) is 1.29. The van der Waals surface area contributed by atoms with Gasteiger partial charge in [-0.05, 0) is 6.07 Å². The highest BCUT2D eigenvalue weighted by atomic mass is 32.2. The molecule has 1 amide bonds. The number of nitrogens with one attached hydrogen (secondary N) is 1. The number of aliphatic carboxylic acids is 1. The molecule has 0 bridgehead atoms. The molecule has 1 unspecified atom stereocenters. The van der Waals surface area contributed by atoms with E-state index in [-0.39, 0.29) is 11.7 Å². The van der Waals surface area contributed by atoms with Crippen molar-refractivity contribution in [3.8, 4) is 0 Å². The van der Waals surface area contributed by atoms with Crippen LogP contribution in [0.3, 0.4) is 0 Å². The van der Waals surface area contributed by atoms with E-state index in [1.54, 1.807) is 18.5 Å². The van der Waals surface area contributed by atoms with E-state index in [0.717, 1.165) is 0 Å². The van der Waals surface area contributed by atoms with Crippen molar-refractivity contribution in [1.82, 2.24) is 15.3 Å². The van der Waals surface area contributed by atoms with Gasteiger partial charge in [-0.25, -0.2) is 14.8 Å². The molecule has 0 saturated carbocycles. The first kappa shape index (κ1) is 13.4. The van der Waals surface area contributed by atoms with Crippen LogP contribution in [-0.2, 0) is 15.3 Å². The molecule has 0 spiro atoms. The summed E-state index contributed by atoms with van der Waals surface area (Å²) in [4.78, 5) is 29.6. The number of aromatic nitrogens is 2. The maximum absolute atomic E-state index is 10.8. The van der Waals surface area contributed by atoms with Crippen LogP contribution in [0.25, 0.3) is 0 Å². The van der Waals surface area contributed by atoms with Gasteiger partial charge in [0.1, 0.15) is 11.9 Å². The second-order valence-electron chi connectivity index (χ2n) is 3.27. The Labute approximate surface area is 103 Å². The molecule has 0 aliphatic heterocycles. The topological polar surface area (TPSA) is 92.2 Å². The molecule has 0 saturated heterocycles. The van der Waals surface area contributed by atoms with E-state index in [4.69, 9.17) is 5.11 Å². The number of amides is 1. The van der Waals surface area contributed by atoms with E-state index in [1.165, 1.54) is 18.7 Å². The molecule has 17 heavy (non-hydrogen) atoms. The number of carboxylic acid groups (broad SMARTS) is 1. The van der Waals surface area contributed by atoms with Crippen molar-refractivity contribution in [2.45, 2.75) is 18.7 Å². The Hall–Kier alpha value is -1.63. The molecule has 0 aliphatic carbocycles. The zero-order valence-electron chi connectivity index (χ0n) is 9.29. The van der Waals surface area contributed by atoms with Crippen LogP contribution in [0.5, 0.6) is 0 Å². The number of rotatable bonds is 6. The van der Waals surface area contributed by atoms with E-state index in [2.05, 4.69) is 15.3 Å². The Morgan fingerprint density at radius 3 is 2.65 bits per heavy atom. The van der Waals surface area contributed by atoms with Gasteiger partial charge in [0.2, 0.25) is 5.91 Å². The zero-order valence-corrected chi connectivity index (χ0v) is 10.1. The van der Waals surface area contributed by atoms with Gasteiger partial charge in [0.25, 0.3) is 0 Å². The smallest absolute Gasteiger partial charge is 0.327 e. The van der Waals surface area contributed by atoms with Crippen molar-refractivity contribution in [3.63, 3.8) is 0 Å². The lowest BCUT2D eigenvalue weighted by molar-refractivity contribution is -0.140. The third-order valence-corrected chi connectivity index (χ3v) is 2.84. The maximum Gasteiger partial charge on any atom is 0.327 e. The third-order valence-electron chi connectivity index (χ3n) is 1.81. The quantitative estimate of drug-likeness (QED) is 0.759. The van der Waals surface area contributed by atoms with Crippen LogP contribution in [0.4, 0.5) is 0 Å². The lowest BCUT2D eigenvalue weighted by atomic mass is 10.3. The largest absolute Gasteiger partial charge is 0.480 e. The monoisotopic (exact) mass is 255 g/mol. The fourth-order valence-electron chi connectivity index (χ4n) is 1.09. The van der Waals surface area contributed by atoms with Crippen LogP contribution in [-0.4, -0.2) is 38.7 Å². The Balaban J connectivity index is 2.37. The SMILES string of the molecule is CC(=O)NC(CSCc1ncccn1)C(=O)O. The maximum atomic E-state index is 10.8. The van der Waals surface area contributed by atoms with Crippen LogP contribution < -0.4 is 5.32 Å². The van der Waals surface area contributed by atoms with Crippen LogP contribution in [0.15, 0.2) is 18.5 Å². The molecule has 1 aromatic heterocycles. The Morgan fingerprint density at radius 1 is 1.47 bits per heavy atom. The van der Waals surface area contributed by atoms with Crippen LogP contribution in [0, 0.1) is 0 Å². The first-order valence-corrected chi connectivity index (χ1v) is 6.08. The van der Waals surface area contributed by atoms with Crippen LogP contribution in [0.1, 0.15) is 12.7 Å². The van der Waals surface area contributed by atoms with Gasteiger partial charge in [0.05, 0.1) is 5.75 Å². The lowest BCUT2D eigenvalue weighted by Gasteiger charge is -2.12. The number of thioether (sulfide) groups is 1. The second kappa shape index (κ2) is 6.85. The minimum Gasteiger partial charge on any atom is -0.480 e. The summed E-state index contributed by atoms with van der Waals surface area (Å²) in [6.07, 6.45) is 3.26. The number of carboxylic acids is 1. The van der Waals surface area contributed by atoms with Gasteiger partial charge < -0.3 is 10.4 Å². The van der Waals surface area contributed by atoms with E-state index in [9.17, 15) is 9.59 Å². The first-order chi connectivity index (χ1) is 8.09. The molecule has 0 radical (unpaired) electrons. The minimum absolute atomic E-state index is 0.285. The van der Waals surface area contributed by atoms with Crippen molar-refractivity contribution >= 4 is 23.6 Å². The average molecular weight is 255 g/mol. The van der Waals surface area contributed by atoms with Gasteiger partial charge in [0, 0.05) is 25.1 Å². The highest BCUT2D eigenvalue weighted by Gasteiger charge is 2.18. The van der Waals surface area contributed by atoms with Gasteiger partial charge in [-0.3, -0.25) is 4.79 Å². The molecule has 1 atom stereocenters. The molecular weight excluding hydrogens is 242 g/mol. The summed E-state index contributed by atoms with van der Waals surface area (Å²) in [5.41, 5.74) is 0. The van der Waals surface area contributed by atoms with Crippen molar-refractivity contribution in [2.24, 2.45) is 0 Å². The Kier molecular flexibility index (Phi) is 5.41. The molecule has 2 N–H and O–H groups in total. The predicted octanol–water partition coefficient (Wildman–Crippen LogP) is 0.299. The normalized spacial score (nSPS) is 11.8. The van der Waals surface area contributed by atoms with Gasteiger partial charge in [-0.1, -0.05) is 0 Å². The Morgan fingerprint density at radius 2 is 2.12 bits per heavy atom. The molecule has 1 aromatic rings. The summed E-state index contributed by atoms with van der Waals surface area (Å²) in [7, 11) is 0. The third kappa shape index (κ3) is 5.30. The molecule has 92 valence electrons. The minimum atomic E-state index is -1.04. The molecule has 7 heteroatoms. The summed E-state index contributed by atoms with van der Waals surface area (Å²) < 4.78 is 0. The Bertz CT molecular complexity index is 386. The second-order valence-corrected chi connectivity index (χ2v) is 4.30. The summed E-state index contributed by atoms with van der Waals surface area (Å²) in [6, 6.07) is 0.840. The average Bonchev–Trinajstić information content (AvgIpc) is 2.28. The number of hydrogen-bond acceptors (Lipinski definition) is 5. The van der Waals surface area contributed by atoms with Crippen molar-refractivity contribution < 1.29 is 14.7 Å². The fraction of sp³-hybridized carbons (Fsp3) is 0.400. The van der Waals surface area contributed by atoms with Gasteiger partial charge in [0.15, 0.2) is 0 Å². The zero-order chi connectivity index (χ0) is 12.7. The van der Waals surface area contributed by atoms with Crippen molar-refractivity contribution in [1.29, 1.82) is 0 Å². The van der Waals surface area contributed by atoms with E-state index < -0.39 is 12.0 Å². The van der Waals surface area contributed by atoms with Gasteiger partial charge in [-0.2, -0.15) is 11.8 Å². The molecule has 0 aliphatic rings. The molecular formula is C10H13N3O3S. The van der Waals surface area contributed by atoms with Gasteiger partial charge in [-0.15, -0.1) is 0 Å². The van der Waals surface area contributed by atoms with Gasteiger partial charge >= 0.3 is 5.97 Å². The van der Waals surface area contributed by atoms with Crippen molar-refractivity contribution in [2.75, 3.05) is 5.75 Å². The summed E-state index contributed by atoms with van der Waals surface area (Å²) in [5, 5.41) is 11.2. The standard InChI is InChI=1S/C10H13N3O3S/c1-7(14)13-8(10(15)16)5-17-6-9-11-3-2-4-12-9/h2-4,8H,5-6H2,1H3,(H,13,14)(H,15,16). The highest BCUT2D eigenvalue weighted by Crippen LogP contribution is 2.09. The fourth-order valence-corrected chi connectivity index (χ4v) is 2.00. The predicted molar refractivity (Wildman–Crippen MR) is 63.4 cm³/mol. The number of nitrogens with zero attached hydrogens (tertiary/aromatic N) is 2. The van der Waals surface area contributed by atoms with E-state index in [0.29, 0.717) is 11.6 Å². The molecule has 0 aromatic carbocycles. The van der Waals surface area contributed by atoms with Crippen molar-refractivity contribution in [3.05, 3.63) is 24.3 Å². The number of hydrogen-bond donors (Lipinski definition) is 2. The first-order valence-electron chi connectivity index (χ1n) is 4.93. The highest BCUT2D eigenvalue weighted by molar-refractivity contribution is 7.98. The molecule has 1 rings (SSSR count). The molecule has 1 heterocycles. The molecule has 6 nitrogen and oxygen atoms in total. The van der Waals surface area contributed by atoms with E-state index >= 15 is 0 Å².